The third-order valence-electron chi connectivity index (χ3n) is 2.58. The molecule has 0 aliphatic heterocycles. The first-order chi connectivity index (χ1) is 8.45. The number of benzene rings is 1. The minimum Gasteiger partial charge on any atom is -0.491 e. The lowest BCUT2D eigenvalue weighted by Crippen LogP contribution is -2.11. The van der Waals surface area contributed by atoms with E-state index in [4.69, 9.17) is 4.74 Å². The molecule has 0 aliphatic rings. The van der Waals surface area contributed by atoms with Crippen LogP contribution in [0.5, 0.6) is 5.75 Å². The molecule has 18 heavy (non-hydrogen) atoms. The molecule has 0 spiro atoms. The van der Waals surface area contributed by atoms with E-state index >= 15 is 0 Å². The minimum absolute atomic E-state index is 0.0243. The van der Waals surface area contributed by atoms with Crippen LogP contribution in [0.1, 0.15) is 44.0 Å². The summed E-state index contributed by atoms with van der Waals surface area (Å²) in [6.45, 7) is 5.29. The lowest BCUT2D eigenvalue weighted by Gasteiger charge is -2.14. The van der Waals surface area contributed by atoms with Crippen molar-refractivity contribution in [1.82, 2.24) is 0 Å². The molecule has 1 rings (SSSR count). The van der Waals surface area contributed by atoms with Crippen LogP contribution in [-0.2, 0) is 0 Å². The van der Waals surface area contributed by atoms with Crippen LogP contribution in [0.3, 0.4) is 0 Å². The molecule has 1 aromatic rings. The summed E-state index contributed by atoms with van der Waals surface area (Å²) < 4.78 is 5.61. The van der Waals surface area contributed by atoms with Gasteiger partial charge in [-0.3, -0.25) is 14.9 Å². The molecule has 0 radical (unpaired) electrons. The van der Waals surface area contributed by atoms with Crippen molar-refractivity contribution in [2.45, 2.75) is 39.7 Å². The van der Waals surface area contributed by atoms with Gasteiger partial charge >= 0.3 is 0 Å². The zero-order valence-electron chi connectivity index (χ0n) is 10.8. The Morgan fingerprint density at radius 1 is 1.50 bits per heavy atom. The summed E-state index contributed by atoms with van der Waals surface area (Å²) in [5.41, 5.74) is -0.0980. The first kappa shape index (κ1) is 14.2. The van der Waals surface area contributed by atoms with Crippen molar-refractivity contribution in [2.24, 2.45) is 0 Å². The third-order valence-corrected chi connectivity index (χ3v) is 2.58. The van der Waals surface area contributed by atoms with E-state index in [1.54, 1.807) is 0 Å². The largest absolute Gasteiger partial charge is 0.491 e. The van der Waals surface area contributed by atoms with Crippen molar-refractivity contribution in [3.05, 3.63) is 33.9 Å². The van der Waals surface area contributed by atoms with Crippen molar-refractivity contribution in [3.63, 3.8) is 0 Å². The number of hydrogen-bond acceptors (Lipinski definition) is 4. The van der Waals surface area contributed by atoms with E-state index in [2.05, 4.69) is 6.92 Å². The summed E-state index contributed by atoms with van der Waals surface area (Å²) in [6.07, 6.45) is 1.91. The molecular weight excluding hydrogens is 234 g/mol. The minimum atomic E-state index is -0.560. The smallest absolute Gasteiger partial charge is 0.280 e. The van der Waals surface area contributed by atoms with Crippen LogP contribution in [0.25, 0.3) is 0 Å². The maximum Gasteiger partial charge on any atom is 0.280 e. The van der Waals surface area contributed by atoms with Crippen molar-refractivity contribution >= 4 is 11.5 Å². The molecule has 0 aromatic heterocycles. The average Bonchev–Trinajstić information content (AvgIpc) is 2.28. The van der Waals surface area contributed by atoms with Gasteiger partial charge in [0.25, 0.3) is 5.69 Å². The van der Waals surface area contributed by atoms with Gasteiger partial charge in [0.05, 0.1) is 16.6 Å². The Balaban J connectivity index is 3.00. The second-order valence-electron chi connectivity index (χ2n) is 4.21. The van der Waals surface area contributed by atoms with Gasteiger partial charge in [0.15, 0.2) is 5.78 Å². The number of ether oxygens (including phenoxy) is 1. The van der Waals surface area contributed by atoms with Crippen LogP contribution >= 0.6 is 0 Å². The van der Waals surface area contributed by atoms with Gasteiger partial charge in [0, 0.05) is 6.07 Å². The summed E-state index contributed by atoms with van der Waals surface area (Å²) in [6, 6.07) is 4.27. The topological polar surface area (TPSA) is 69.4 Å². The zero-order chi connectivity index (χ0) is 13.7. The summed E-state index contributed by atoms with van der Waals surface area (Å²) in [7, 11) is 0. The number of nitrogens with zero attached hydrogens (tertiary/aromatic N) is 1. The van der Waals surface area contributed by atoms with Crippen molar-refractivity contribution in [2.75, 3.05) is 0 Å². The van der Waals surface area contributed by atoms with Crippen LogP contribution in [0.2, 0.25) is 0 Å². The number of rotatable bonds is 6. The number of carbonyl (C=O) groups excluding carboxylic acids is 1. The number of hydrogen-bond donors (Lipinski definition) is 0. The van der Waals surface area contributed by atoms with Crippen molar-refractivity contribution in [1.29, 1.82) is 0 Å². The Kier molecular flexibility index (Phi) is 4.83. The van der Waals surface area contributed by atoms with E-state index in [0.717, 1.165) is 12.8 Å². The Morgan fingerprint density at radius 3 is 2.67 bits per heavy atom. The normalized spacial score (nSPS) is 11.9. The van der Waals surface area contributed by atoms with Crippen LogP contribution in [-0.4, -0.2) is 16.8 Å². The number of ketones is 1. The molecule has 1 aromatic carbocycles. The predicted octanol–water partition coefficient (Wildman–Crippen LogP) is 3.36. The Hall–Kier alpha value is -1.91. The average molecular weight is 251 g/mol. The van der Waals surface area contributed by atoms with Gasteiger partial charge in [-0.15, -0.1) is 0 Å². The molecular formula is C13H17NO4. The standard InChI is InChI=1S/C13H17NO4/c1-4-5-9(2)18-11-6-7-13(14(16)17)12(8-11)10(3)15/h6-9H,4-5H2,1-3H3. The van der Waals surface area contributed by atoms with Crippen LogP contribution in [0.4, 0.5) is 5.69 Å². The molecule has 0 aliphatic carbocycles. The molecule has 0 amide bonds. The maximum atomic E-state index is 11.4. The number of nitro benzene ring substituents is 1. The molecule has 0 saturated carbocycles. The first-order valence-corrected chi connectivity index (χ1v) is 5.91. The first-order valence-electron chi connectivity index (χ1n) is 5.91. The Labute approximate surface area is 106 Å². The van der Waals surface area contributed by atoms with Crippen LogP contribution in [0, 0.1) is 10.1 Å². The van der Waals surface area contributed by atoms with E-state index in [1.165, 1.54) is 25.1 Å². The molecule has 0 fully saturated rings. The fourth-order valence-corrected chi connectivity index (χ4v) is 1.73. The molecule has 0 saturated heterocycles. The molecule has 1 atom stereocenters. The SMILES string of the molecule is CCCC(C)Oc1ccc([N+](=O)[O-])c(C(C)=O)c1. The highest BCUT2D eigenvalue weighted by atomic mass is 16.6. The Bertz CT molecular complexity index is 456. The van der Waals surface area contributed by atoms with Crippen LogP contribution < -0.4 is 4.74 Å². The molecule has 1 unspecified atom stereocenters. The molecule has 98 valence electrons. The molecule has 5 nitrogen and oxygen atoms in total. The summed E-state index contributed by atoms with van der Waals surface area (Å²) >= 11 is 0. The van der Waals surface area contributed by atoms with E-state index < -0.39 is 4.92 Å². The molecule has 0 bridgehead atoms. The second-order valence-corrected chi connectivity index (χ2v) is 4.21. The predicted molar refractivity (Wildman–Crippen MR) is 68.1 cm³/mol. The van der Waals surface area contributed by atoms with Crippen LogP contribution in [0.15, 0.2) is 18.2 Å². The van der Waals surface area contributed by atoms with Gasteiger partial charge in [-0.25, -0.2) is 0 Å². The van der Waals surface area contributed by atoms with Crippen molar-refractivity contribution in [3.8, 4) is 5.75 Å². The highest BCUT2D eigenvalue weighted by Crippen LogP contribution is 2.25. The number of Topliss-reactive ketones (excluding diaryl/α,β-unsaturated/α-hetero) is 1. The lowest BCUT2D eigenvalue weighted by molar-refractivity contribution is -0.385. The highest BCUT2D eigenvalue weighted by molar-refractivity contribution is 5.98. The quantitative estimate of drug-likeness (QED) is 0.441. The van der Waals surface area contributed by atoms with Crippen molar-refractivity contribution < 1.29 is 14.5 Å². The van der Waals surface area contributed by atoms with E-state index in [1.807, 2.05) is 6.92 Å². The molecule has 0 N–H and O–H groups in total. The van der Waals surface area contributed by atoms with Gasteiger partial charge < -0.3 is 4.74 Å². The Morgan fingerprint density at radius 2 is 2.17 bits per heavy atom. The van der Waals surface area contributed by atoms with E-state index in [9.17, 15) is 14.9 Å². The summed E-state index contributed by atoms with van der Waals surface area (Å²) in [5, 5.41) is 10.8. The highest BCUT2D eigenvalue weighted by Gasteiger charge is 2.18. The van der Waals surface area contributed by atoms with E-state index in [-0.39, 0.29) is 23.1 Å². The van der Waals surface area contributed by atoms with Gasteiger partial charge in [0.1, 0.15) is 5.75 Å². The zero-order valence-corrected chi connectivity index (χ0v) is 10.8. The summed E-state index contributed by atoms with van der Waals surface area (Å²) in [5.74, 6) is 0.155. The van der Waals surface area contributed by atoms with Gasteiger partial charge in [0.2, 0.25) is 0 Å². The third kappa shape index (κ3) is 3.55. The fourth-order valence-electron chi connectivity index (χ4n) is 1.73. The van der Waals surface area contributed by atoms with E-state index in [0.29, 0.717) is 5.75 Å². The molecule has 0 heterocycles. The lowest BCUT2D eigenvalue weighted by atomic mass is 10.1. The fraction of sp³-hybridized carbons (Fsp3) is 0.462. The number of nitro groups is 1. The monoisotopic (exact) mass is 251 g/mol. The molecule has 5 heteroatoms. The second kappa shape index (κ2) is 6.14. The number of carbonyl (C=O) groups is 1. The van der Waals surface area contributed by atoms with Gasteiger partial charge in [-0.2, -0.15) is 0 Å². The van der Waals surface area contributed by atoms with Gasteiger partial charge in [-0.05, 0) is 32.4 Å². The summed E-state index contributed by atoms with van der Waals surface area (Å²) in [4.78, 5) is 21.6. The maximum absolute atomic E-state index is 11.4. The van der Waals surface area contributed by atoms with Gasteiger partial charge in [-0.1, -0.05) is 13.3 Å².